The average molecular weight is 413 g/mol. The van der Waals surface area contributed by atoms with Gasteiger partial charge in [0.2, 0.25) is 11.9 Å². The molecule has 1 aromatic heterocycles. The zero-order valence-corrected chi connectivity index (χ0v) is 17.3. The molecule has 160 valence electrons. The lowest BCUT2D eigenvalue weighted by Crippen LogP contribution is -2.38. The number of nitrogens with zero attached hydrogens (tertiary/aromatic N) is 4. The number of likely N-dealkylation sites (N-methyl/N-ethyl adjacent to an activating group) is 1. The Balaban J connectivity index is 1.40. The van der Waals surface area contributed by atoms with Gasteiger partial charge in [0.25, 0.3) is 0 Å². The van der Waals surface area contributed by atoms with Crippen LogP contribution in [0.1, 0.15) is 17.2 Å². The van der Waals surface area contributed by atoms with Crippen LogP contribution in [0.25, 0.3) is 0 Å². The number of carbonyl (C=O) groups excluding carboxylic acids is 1. The fourth-order valence-electron chi connectivity index (χ4n) is 4.16. The molecule has 0 unspecified atom stereocenters. The number of morpholine rings is 1. The Labute approximate surface area is 176 Å². The Hall–Kier alpha value is -2.58. The van der Waals surface area contributed by atoms with E-state index in [1.165, 1.54) is 12.1 Å². The minimum atomic E-state index is -0.249. The van der Waals surface area contributed by atoms with Gasteiger partial charge in [-0.3, -0.25) is 4.79 Å². The molecule has 8 heteroatoms. The Bertz CT molecular complexity index is 857. The number of hydrogen-bond donors (Lipinski definition) is 1. The second-order valence-corrected chi connectivity index (χ2v) is 7.98. The maximum atomic E-state index is 13.0. The van der Waals surface area contributed by atoms with Crippen molar-refractivity contribution < 1.29 is 13.9 Å². The van der Waals surface area contributed by atoms with Crippen LogP contribution in [-0.4, -0.2) is 73.8 Å². The molecule has 3 heterocycles. The quantitative estimate of drug-likeness (QED) is 0.773. The van der Waals surface area contributed by atoms with Crippen molar-refractivity contribution >= 4 is 11.9 Å². The van der Waals surface area contributed by atoms with E-state index in [9.17, 15) is 9.18 Å². The summed E-state index contributed by atoms with van der Waals surface area (Å²) in [6.07, 6.45) is 2.46. The van der Waals surface area contributed by atoms with Crippen LogP contribution in [-0.2, 0) is 16.0 Å². The molecule has 0 aliphatic carbocycles. The van der Waals surface area contributed by atoms with E-state index < -0.39 is 0 Å². The molecule has 2 aliphatic heterocycles. The first-order chi connectivity index (χ1) is 14.6. The standard InChI is InChI=1S/C22H28FN5O2/c1-27-14-18(20-7-9-25-22(26-20)28-10-12-30-13-11-28)19(15-27)21(29)24-8-6-16-2-4-17(23)5-3-16/h2-5,7,9,18-19H,6,8,10-15H2,1H3,(H,24,29)/t18-,19-/m0/s1. The summed E-state index contributed by atoms with van der Waals surface area (Å²) in [6, 6.07) is 8.32. The number of hydrogen-bond acceptors (Lipinski definition) is 6. The highest BCUT2D eigenvalue weighted by Crippen LogP contribution is 2.31. The first kappa shape index (κ1) is 20.7. The van der Waals surface area contributed by atoms with Crippen LogP contribution in [0.3, 0.4) is 0 Å². The number of benzene rings is 1. The van der Waals surface area contributed by atoms with Gasteiger partial charge in [0.15, 0.2) is 0 Å². The van der Waals surface area contributed by atoms with E-state index in [-0.39, 0.29) is 23.6 Å². The molecule has 4 rings (SSSR count). The maximum absolute atomic E-state index is 13.0. The lowest BCUT2D eigenvalue weighted by atomic mass is 9.92. The number of ether oxygens (including phenoxy) is 1. The highest BCUT2D eigenvalue weighted by atomic mass is 19.1. The van der Waals surface area contributed by atoms with E-state index in [0.717, 1.165) is 30.9 Å². The van der Waals surface area contributed by atoms with Crippen LogP contribution in [0.15, 0.2) is 36.5 Å². The molecular weight excluding hydrogens is 385 g/mol. The van der Waals surface area contributed by atoms with Gasteiger partial charge in [-0.25, -0.2) is 14.4 Å². The number of rotatable bonds is 6. The van der Waals surface area contributed by atoms with Crippen LogP contribution in [0.4, 0.5) is 10.3 Å². The van der Waals surface area contributed by atoms with Gasteiger partial charge < -0.3 is 19.9 Å². The Morgan fingerprint density at radius 3 is 2.73 bits per heavy atom. The van der Waals surface area contributed by atoms with Crippen LogP contribution < -0.4 is 10.2 Å². The molecule has 0 spiro atoms. The van der Waals surface area contributed by atoms with Crippen molar-refractivity contribution in [2.45, 2.75) is 12.3 Å². The second kappa shape index (κ2) is 9.49. The molecule has 2 fully saturated rings. The first-order valence-corrected chi connectivity index (χ1v) is 10.5. The van der Waals surface area contributed by atoms with E-state index in [1.807, 2.05) is 13.1 Å². The van der Waals surface area contributed by atoms with E-state index in [2.05, 4.69) is 20.1 Å². The van der Waals surface area contributed by atoms with Gasteiger partial charge >= 0.3 is 0 Å². The minimum Gasteiger partial charge on any atom is -0.378 e. The molecule has 30 heavy (non-hydrogen) atoms. The fraction of sp³-hybridized carbons (Fsp3) is 0.500. The molecule has 1 N–H and O–H groups in total. The number of anilines is 1. The Morgan fingerprint density at radius 2 is 1.97 bits per heavy atom. The summed E-state index contributed by atoms with van der Waals surface area (Å²) in [6.45, 7) is 4.93. The Morgan fingerprint density at radius 1 is 1.20 bits per heavy atom. The van der Waals surface area contributed by atoms with E-state index >= 15 is 0 Å². The molecule has 2 saturated heterocycles. The molecule has 1 aromatic carbocycles. The minimum absolute atomic E-state index is 0.0311. The van der Waals surface area contributed by atoms with Crippen molar-refractivity contribution in [3.63, 3.8) is 0 Å². The molecule has 0 saturated carbocycles. The van der Waals surface area contributed by atoms with Crippen molar-refractivity contribution in [1.29, 1.82) is 0 Å². The normalized spacial score (nSPS) is 22.3. The molecule has 0 radical (unpaired) electrons. The molecule has 2 aromatic rings. The number of amides is 1. The largest absolute Gasteiger partial charge is 0.378 e. The van der Waals surface area contributed by atoms with Crippen molar-refractivity contribution in [3.8, 4) is 0 Å². The monoisotopic (exact) mass is 413 g/mol. The van der Waals surface area contributed by atoms with Gasteiger partial charge in [0.1, 0.15) is 5.82 Å². The van der Waals surface area contributed by atoms with Gasteiger partial charge in [0.05, 0.1) is 24.8 Å². The molecular formula is C22H28FN5O2. The second-order valence-electron chi connectivity index (χ2n) is 7.98. The van der Waals surface area contributed by atoms with Crippen LogP contribution in [0.2, 0.25) is 0 Å². The van der Waals surface area contributed by atoms with Crippen molar-refractivity contribution in [2.24, 2.45) is 5.92 Å². The number of carbonyl (C=O) groups is 1. The summed E-state index contributed by atoms with van der Waals surface area (Å²) < 4.78 is 18.4. The van der Waals surface area contributed by atoms with Gasteiger partial charge in [0, 0.05) is 44.8 Å². The summed E-state index contributed by atoms with van der Waals surface area (Å²) >= 11 is 0. The highest BCUT2D eigenvalue weighted by Gasteiger charge is 2.38. The van der Waals surface area contributed by atoms with Crippen LogP contribution in [0, 0.1) is 11.7 Å². The van der Waals surface area contributed by atoms with Crippen LogP contribution >= 0.6 is 0 Å². The number of nitrogens with one attached hydrogen (secondary N) is 1. The third kappa shape index (κ3) is 4.94. The predicted molar refractivity (Wildman–Crippen MR) is 112 cm³/mol. The van der Waals surface area contributed by atoms with E-state index in [1.54, 1.807) is 18.3 Å². The fourth-order valence-corrected chi connectivity index (χ4v) is 4.16. The average Bonchev–Trinajstić information content (AvgIpc) is 3.18. The maximum Gasteiger partial charge on any atom is 0.225 e. The zero-order valence-electron chi connectivity index (χ0n) is 17.3. The third-order valence-electron chi connectivity index (χ3n) is 5.80. The number of likely N-dealkylation sites (tertiary alicyclic amines) is 1. The lowest BCUT2D eigenvalue weighted by molar-refractivity contribution is -0.124. The first-order valence-electron chi connectivity index (χ1n) is 10.5. The Kier molecular flexibility index (Phi) is 6.54. The van der Waals surface area contributed by atoms with E-state index in [4.69, 9.17) is 9.72 Å². The van der Waals surface area contributed by atoms with Gasteiger partial charge in [-0.1, -0.05) is 12.1 Å². The topological polar surface area (TPSA) is 70.6 Å². The lowest BCUT2D eigenvalue weighted by Gasteiger charge is -2.27. The number of aromatic nitrogens is 2. The van der Waals surface area contributed by atoms with E-state index in [0.29, 0.717) is 38.7 Å². The molecule has 0 bridgehead atoms. The molecule has 1 amide bonds. The number of halogens is 1. The summed E-state index contributed by atoms with van der Waals surface area (Å²) in [7, 11) is 2.03. The predicted octanol–water partition coefficient (Wildman–Crippen LogP) is 1.46. The van der Waals surface area contributed by atoms with Gasteiger partial charge in [-0.2, -0.15) is 0 Å². The zero-order chi connectivity index (χ0) is 20.9. The molecule has 2 atom stereocenters. The molecule has 7 nitrogen and oxygen atoms in total. The summed E-state index contributed by atoms with van der Waals surface area (Å²) in [5.74, 6) is 0.374. The highest BCUT2D eigenvalue weighted by molar-refractivity contribution is 5.80. The summed E-state index contributed by atoms with van der Waals surface area (Å²) in [5.41, 5.74) is 1.91. The van der Waals surface area contributed by atoms with Gasteiger partial charge in [-0.15, -0.1) is 0 Å². The third-order valence-corrected chi connectivity index (χ3v) is 5.80. The smallest absolute Gasteiger partial charge is 0.225 e. The summed E-state index contributed by atoms with van der Waals surface area (Å²) in [5, 5.41) is 3.06. The van der Waals surface area contributed by atoms with Crippen LogP contribution in [0.5, 0.6) is 0 Å². The van der Waals surface area contributed by atoms with Crippen molar-refractivity contribution in [3.05, 3.63) is 53.6 Å². The summed E-state index contributed by atoms with van der Waals surface area (Å²) in [4.78, 5) is 26.5. The van der Waals surface area contributed by atoms with Gasteiger partial charge in [-0.05, 0) is 37.2 Å². The van der Waals surface area contributed by atoms with Crippen molar-refractivity contribution in [1.82, 2.24) is 20.2 Å². The van der Waals surface area contributed by atoms with Crippen molar-refractivity contribution in [2.75, 3.05) is 57.9 Å². The SMILES string of the molecule is CN1C[C@H](C(=O)NCCc2ccc(F)cc2)[C@@H](c2ccnc(N3CCOCC3)n2)C1. The molecule has 2 aliphatic rings.